The summed E-state index contributed by atoms with van der Waals surface area (Å²) >= 11 is 0. The van der Waals surface area contributed by atoms with Gasteiger partial charge in [0.2, 0.25) is 5.91 Å². The Morgan fingerprint density at radius 2 is 2.00 bits per heavy atom. The van der Waals surface area contributed by atoms with Crippen LogP contribution in [-0.4, -0.2) is 45.8 Å². The number of fused-ring (bicyclic) bond motifs is 2. The van der Waals surface area contributed by atoms with E-state index in [2.05, 4.69) is 10.4 Å². The van der Waals surface area contributed by atoms with Crippen LogP contribution < -0.4 is 5.32 Å². The summed E-state index contributed by atoms with van der Waals surface area (Å²) < 4.78 is 1.74. The number of amides is 1. The van der Waals surface area contributed by atoms with Crippen LogP contribution in [0.3, 0.4) is 0 Å². The highest BCUT2D eigenvalue weighted by molar-refractivity contribution is 5.85. The van der Waals surface area contributed by atoms with E-state index < -0.39 is 0 Å². The van der Waals surface area contributed by atoms with E-state index in [9.17, 15) is 4.79 Å². The predicted octanol–water partition coefficient (Wildman–Crippen LogP) is 1.55. The van der Waals surface area contributed by atoms with Gasteiger partial charge in [-0.05, 0) is 31.2 Å². The summed E-state index contributed by atoms with van der Waals surface area (Å²) in [6.45, 7) is 0. The van der Waals surface area contributed by atoms with Crippen molar-refractivity contribution < 1.29 is 4.79 Å². The molecule has 3 rings (SSSR count). The molecule has 0 saturated carbocycles. The first-order valence-corrected chi connectivity index (χ1v) is 7.11. The van der Waals surface area contributed by atoms with Crippen LogP contribution in [0.5, 0.6) is 0 Å². The highest BCUT2D eigenvalue weighted by Gasteiger charge is 2.36. The third-order valence-corrected chi connectivity index (χ3v) is 4.50. The molecule has 0 spiro atoms. The SMILES string of the molecule is CN(C(=O)Cc1cnn(C)c1)C1CC2CCC(C1)N2.Cl.Cl. The average molecular weight is 335 g/mol. The molecule has 0 aromatic carbocycles. The summed E-state index contributed by atoms with van der Waals surface area (Å²) in [6.07, 6.45) is 8.90. The molecule has 1 N–H and O–H groups in total. The van der Waals surface area contributed by atoms with E-state index in [1.807, 2.05) is 25.2 Å². The molecule has 7 heteroatoms. The van der Waals surface area contributed by atoms with Gasteiger partial charge in [0.15, 0.2) is 0 Å². The summed E-state index contributed by atoms with van der Waals surface area (Å²) in [6, 6.07) is 1.65. The molecule has 2 bridgehead atoms. The van der Waals surface area contributed by atoms with E-state index in [0.717, 1.165) is 18.4 Å². The molecule has 120 valence electrons. The average Bonchev–Trinajstić information content (AvgIpc) is 2.94. The van der Waals surface area contributed by atoms with Gasteiger partial charge in [-0.15, -0.1) is 24.8 Å². The van der Waals surface area contributed by atoms with Crippen molar-refractivity contribution in [2.45, 2.75) is 50.2 Å². The molecule has 21 heavy (non-hydrogen) atoms. The smallest absolute Gasteiger partial charge is 0.227 e. The number of rotatable bonds is 3. The highest BCUT2D eigenvalue weighted by Crippen LogP contribution is 2.29. The number of nitrogens with zero attached hydrogens (tertiary/aromatic N) is 3. The lowest BCUT2D eigenvalue weighted by Gasteiger charge is -2.35. The molecule has 0 aliphatic carbocycles. The van der Waals surface area contributed by atoms with E-state index in [-0.39, 0.29) is 30.7 Å². The third-order valence-electron chi connectivity index (χ3n) is 4.50. The normalized spacial score (nSPS) is 26.7. The minimum atomic E-state index is 0. The maximum atomic E-state index is 12.3. The Labute approximate surface area is 138 Å². The number of halogens is 2. The molecule has 1 aromatic heterocycles. The van der Waals surface area contributed by atoms with E-state index in [1.165, 1.54) is 12.8 Å². The molecule has 2 aliphatic rings. The molecule has 2 aliphatic heterocycles. The van der Waals surface area contributed by atoms with Crippen molar-refractivity contribution >= 4 is 30.7 Å². The van der Waals surface area contributed by atoms with Crippen LogP contribution >= 0.6 is 24.8 Å². The predicted molar refractivity (Wildman–Crippen MR) is 87.1 cm³/mol. The summed E-state index contributed by atoms with van der Waals surface area (Å²) in [5.74, 6) is 0.208. The Morgan fingerprint density at radius 3 is 2.52 bits per heavy atom. The van der Waals surface area contributed by atoms with E-state index in [4.69, 9.17) is 0 Å². The molecule has 3 heterocycles. The van der Waals surface area contributed by atoms with Crippen LogP contribution in [-0.2, 0) is 18.3 Å². The standard InChI is InChI=1S/C14H22N4O.2ClH/c1-17-9-10(8-15-17)5-14(19)18(2)13-6-11-3-4-12(7-13)16-11;;/h8-9,11-13,16H,3-7H2,1-2H3;2*1H. The van der Waals surface area contributed by atoms with Gasteiger partial charge in [0.05, 0.1) is 12.6 Å². The van der Waals surface area contributed by atoms with E-state index in [1.54, 1.807) is 10.9 Å². The first-order valence-electron chi connectivity index (χ1n) is 7.11. The zero-order chi connectivity index (χ0) is 13.4. The van der Waals surface area contributed by atoms with Gasteiger partial charge in [0.1, 0.15) is 0 Å². The number of nitrogens with one attached hydrogen (secondary N) is 1. The molecular formula is C14H24Cl2N4O. The molecular weight excluding hydrogens is 311 g/mol. The van der Waals surface area contributed by atoms with Gasteiger partial charge in [0, 0.05) is 38.4 Å². The minimum Gasteiger partial charge on any atom is -0.342 e. The maximum Gasteiger partial charge on any atom is 0.227 e. The second-order valence-electron chi connectivity index (χ2n) is 5.97. The minimum absolute atomic E-state index is 0. The van der Waals surface area contributed by atoms with Crippen LogP contribution in [0, 0.1) is 0 Å². The summed E-state index contributed by atoms with van der Waals surface area (Å²) in [7, 11) is 3.83. The zero-order valence-corrected chi connectivity index (χ0v) is 14.1. The van der Waals surface area contributed by atoms with Crippen LogP contribution in [0.15, 0.2) is 12.4 Å². The molecule has 0 radical (unpaired) electrons. The quantitative estimate of drug-likeness (QED) is 0.912. The van der Waals surface area contributed by atoms with Crippen molar-refractivity contribution in [2.24, 2.45) is 7.05 Å². The van der Waals surface area contributed by atoms with Gasteiger partial charge in [-0.3, -0.25) is 9.48 Å². The van der Waals surface area contributed by atoms with Gasteiger partial charge < -0.3 is 10.2 Å². The highest BCUT2D eigenvalue weighted by atomic mass is 35.5. The second-order valence-corrected chi connectivity index (χ2v) is 5.97. The molecule has 5 nitrogen and oxygen atoms in total. The first-order chi connectivity index (χ1) is 9.11. The summed E-state index contributed by atoms with van der Waals surface area (Å²) in [5.41, 5.74) is 0.997. The lowest BCUT2D eigenvalue weighted by Crippen LogP contribution is -2.49. The fraction of sp³-hybridized carbons (Fsp3) is 0.714. The number of carbonyl (C=O) groups excluding carboxylic acids is 1. The second kappa shape index (κ2) is 7.47. The Bertz CT molecular complexity index is 467. The Morgan fingerprint density at radius 1 is 1.38 bits per heavy atom. The van der Waals surface area contributed by atoms with Gasteiger partial charge >= 0.3 is 0 Å². The Hall–Kier alpha value is -0.780. The van der Waals surface area contributed by atoms with Crippen molar-refractivity contribution in [1.82, 2.24) is 20.0 Å². The fourth-order valence-electron chi connectivity index (χ4n) is 3.41. The number of carbonyl (C=O) groups is 1. The number of aromatic nitrogens is 2. The van der Waals surface area contributed by atoms with Gasteiger partial charge in [-0.25, -0.2) is 0 Å². The van der Waals surface area contributed by atoms with Crippen LogP contribution in [0.2, 0.25) is 0 Å². The molecule has 2 unspecified atom stereocenters. The number of hydrogen-bond donors (Lipinski definition) is 1. The Kier molecular flexibility index (Phi) is 6.50. The first kappa shape index (κ1) is 18.3. The zero-order valence-electron chi connectivity index (χ0n) is 12.5. The number of hydrogen-bond acceptors (Lipinski definition) is 3. The van der Waals surface area contributed by atoms with Crippen molar-refractivity contribution in [1.29, 1.82) is 0 Å². The van der Waals surface area contributed by atoms with E-state index in [0.29, 0.717) is 24.5 Å². The maximum absolute atomic E-state index is 12.3. The Balaban J connectivity index is 0.00000110. The van der Waals surface area contributed by atoms with Gasteiger partial charge in [-0.2, -0.15) is 5.10 Å². The molecule has 2 fully saturated rings. The van der Waals surface area contributed by atoms with Crippen molar-refractivity contribution in [3.63, 3.8) is 0 Å². The van der Waals surface area contributed by atoms with Gasteiger partial charge in [0.25, 0.3) is 0 Å². The lowest BCUT2D eigenvalue weighted by molar-refractivity contribution is -0.131. The van der Waals surface area contributed by atoms with Crippen molar-refractivity contribution in [2.75, 3.05) is 7.05 Å². The fourth-order valence-corrected chi connectivity index (χ4v) is 3.41. The molecule has 2 saturated heterocycles. The molecule has 1 amide bonds. The number of piperidine rings is 1. The van der Waals surface area contributed by atoms with Crippen molar-refractivity contribution in [3.8, 4) is 0 Å². The van der Waals surface area contributed by atoms with Crippen LogP contribution in [0.25, 0.3) is 0 Å². The largest absolute Gasteiger partial charge is 0.342 e. The summed E-state index contributed by atoms with van der Waals surface area (Å²) in [4.78, 5) is 14.3. The lowest BCUT2D eigenvalue weighted by atomic mass is 9.98. The molecule has 2 atom stereocenters. The topological polar surface area (TPSA) is 50.2 Å². The van der Waals surface area contributed by atoms with E-state index >= 15 is 0 Å². The van der Waals surface area contributed by atoms with Crippen molar-refractivity contribution in [3.05, 3.63) is 18.0 Å². The van der Waals surface area contributed by atoms with Gasteiger partial charge in [-0.1, -0.05) is 0 Å². The van der Waals surface area contributed by atoms with Crippen LogP contribution in [0.1, 0.15) is 31.2 Å². The molecule has 1 aromatic rings. The number of likely N-dealkylation sites (N-methyl/N-ethyl adjacent to an activating group) is 1. The third kappa shape index (κ3) is 4.11. The number of aryl methyl sites for hydroxylation is 1. The summed E-state index contributed by atoms with van der Waals surface area (Å²) in [5, 5.41) is 7.73. The monoisotopic (exact) mass is 334 g/mol. The van der Waals surface area contributed by atoms with Crippen LogP contribution in [0.4, 0.5) is 0 Å².